The predicted octanol–water partition coefficient (Wildman–Crippen LogP) is 0.791. The lowest BCUT2D eigenvalue weighted by Gasteiger charge is -2.13. The van der Waals surface area contributed by atoms with Crippen molar-refractivity contribution >= 4 is 23.1 Å². The van der Waals surface area contributed by atoms with Crippen molar-refractivity contribution in [3.05, 3.63) is 17.8 Å². The van der Waals surface area contributed by atoms with Gasteiger partial charge in [0.15, 0.2) is 0 Å². The van der Waals surface area contributed by atoms with Gasteiger partial charge in [-0.1, -0.05) is 0 Å². The molecule has 0 spiro atoms. The molecule has 1 aliphatic rings. The molecule has 1 atom stereocenters. The summed E-state index contributed by atoms with van der Waals surface area (Å²) in [5, 5.41) is 5.11. The van der Waals surface area contributed by atoms with Crippen LogP contribution in [0.5, 0.6) is 0 Å². The van der Waals surface area contributed by atoms with E-state index in [-0.39, 0.29) is 11.8 Å². The lowest BCUT2D eigenvalue weighted by molar-refractivity contribution is -0.122. The van der Waals surface area contributed by atoms with E-state index in [1.54, 1.807) is 19.2 Å². The van der Waals surface area contributed by atoms with Crippen LogP contribution in [0.3, 0.4) is 0 Å². The molecule has 0 saturated heterocycles. The highest BCUT2D eigenvalue weighted by molar-refractivity contribution is 7.78. The van der Waals surface area contributed by atoms with Gasteiger partial charge >= 0.3 is 0 Å². The predicted molar refractivity (Wildman–Crippen MR) is 42.6 cm³/mol. The van der Waals surface area contributed by atoms with Gasteiger partial charge in [0.1, 0.15) is 0 Å². The van der Waals surface area contributed by atoms with E-state index in [2.05, 4.69) is 22.6 Å². The lowest BCUT2D eigenvalue weighted by atomic mass is 10.00. The van der Waals surface area contributed by atoms with E-state index < -0.39 is 0 Å². The monoisotopic (exact) mass is 153 g/mol. The van der Waals surface area contributed by atoms with E-state index in [1.165, 1.54) is 0 Å². The second kappa shape index (κ2) is 2.78. The number of carbonyl (C=O) groups excluding carboxylic acids is 1. The number of amides is 1. The third-order valence-electron chi connectivity index (χ3n) is 1.47. The van der Waals surface area contributed by atoms with Crippen molar-refractivity contribution in [1.29, 1.82) is 0 Å². The summed E-state index contributed by atoms with van der Waals surface area (Å²) in [6.45, 7) is 1.80. The van der Waals surface area contributed by atoms with Crippen molar-refractivity contribution < 1.29 is 4.79 Å². The van der Waals surface area contributed by atoms with E-state index in [4.69, 9.17) is 0 Å². The number of thiocarbonyl (C=S) groups is 1. The van der Waals surface area contributed by atoms with Gasteiger partial charge in [0.25, 0.3) is 0 Å². The molecule has 10 heavy (non-hydrogen) atoms. The molecule has 0 aromatic carbocycles. The van der Waals surface area contributed by atoms with Crippen molar-refractivity contribution in [3.63, 3.8) is 0 Å². The quantitative estimate of drug-likeness (QED) is 0.521. The van der Waals surface area contributed by atoms with Gasteiger partial charge in [0, 0.05) is 11.8 Å². The van der Waals surface area contributed by atoms with Crippen LogP contribution in [0.2, 0.25) is 0 Å². The molecule has 2 nitrogen and oxygen atoms in total. The largest absolute Gasteiger partial charge is 0.332 e. The molecule has 1 unspecified atom stereocenters. The van der Waals surface area contributed by atoms with Crippen LogP contribution in [-0.4, -0.2) is 10.9 Å². The Labute approximate surface area is 64.6 Å². The molecule has 1 N–H and O–H groups in total. The third kappa shape index (κ3) is 1.15. The van der Waals surface area contributed by atoms with Crippen LogP contribution >= 0.6 is 12.2 Å². The maximum absolute atomic E-state index is 10.9. The highest BCUT2D eigenvalue weighted by atomic mass is 32.1. The number of hydrogen-bond acceptors (Lipinski definition) is 2. The summed E-state index contributed by atoms with van der Waals surface area (Å²) >= 11 is 4.58. The Bertz CT molecular complexity index is 238. The van der Waals surface area contributed by atoms with E-state index in [0.717, 1.165) is 5.57 Å². The SMILES string of the molecule is CC1C(=O)NC=CC1=C=S. The number of nitrogens with one attached hydrogen (secondary N) is 1. The van der Waals surface area contributed by atoms with E-state index in [9.17, 15) is 4.79 Å². The van der Waals surface area contributed by atoms with Crippen LogP contribution in [-0.2, 0) is 4.79 Å². The Morgan fingerprint density at radius 1 is 1.80 bits per heavy atom. The van der Waals surface area contributed by atoms with Crippen LogP contribution in [0.25, 0.3) is 0 Å². The Hall–Kier alpha value is -0.920. The first kappa shape index (κ1) is 7.19. The van der Waals surface area contributed by atoms with Crippen LogP contribution in [0, 0.1) is 5.92 Å². The topological polar surface area (TPSA) is 29.1 Å². The standard InChI is InChI=1S/C7H7NOS/c1-5-6(4-10)2-3-8-7(5)9/h2-3,5H,1H3,(H,8,9). The van der Waals surface area contributed by atoms with Crippen LogP contribution in [0.4, 0.5) is 0 Å². The fraction of sp³-hybridized carbons (Fsp3) is 0.286. The van der Waals surface area contributed by atoms with Crippen molar-refractivity contribution in [2.45, 2.75) is 6.92 Å². The van der Waals surface area contributed by atoms with Gasteiger partial charge in [-0.25, -0.2) is 0 Å². The molecule has 3 heteroatoms. The molecule has 1 aliphatic heterocycles. The lowest BCUT2D eigenvalue weighted by Crippen LogP contribution is -2.29. The summed E-state index contributed by atoms with van der Waals surface area (Å²) in [7, 11) is 0. The summed E-state index contributed by atoms with van der Waals surface area (Å²) < 4.78 is 0. The molecule has 0 fully saturated rings. The molecule has 0 aliphatic carbocycles. The zero-order valence-electron chi connectivity index (χ0n) is 5.55. The van der Waals surface area contributed by atoms with E-state index in [1.807, 2.05) is 0 Å². The van der Waals surface area contributed by atoms with Gasteiger partial charge in [-0.15, -0.1) is 0 Å². The van der Waals surface area contributed by atoms with E-state index >= 15 is 0 Å². The first-order chi connectivity index (χ1) is 4.75. The number of carbonyl (C=O) groups is 1. The number of rotatable bonds is 0. The average Bonchev–Trinajstić information content (AvgIpc) is 1.95. The molecular formula is C7H7NOS. The molecule has 0 aromatic heterocycles. The average molecular weight is 153 g/mol. The second-order valence-electron chi connectivity index (χ2n) is 2.12. The van der Waals surface area contributed by atoms with Crippen LogP contribution < -0.4 is 5.32 Å². The highest BCUT2D eigenvalue weighted by Crippen LogP contribution is 2.11. The number of allylic oxidation sites excluding steroid dienone is 1. The normalized spacial score (nSPS) is 23.9. The Morgan fingerprint density at radius 3 is 3.00 bits per heavy atom. The minimum atomic E-state index is -0.150. The van der Waals surface area contributed by atoms with Crippen molar-refractivity contribution in [1.82, 2.24) is 5.32 Å². The third-order valence-corrected chi connectivity index (χ3v) is 1.70. The first-order valence-corrected chi connectivity index (χ1v) is 3.38. The zero-order valence-corrected chi connectivity index (χ0v) is 6.37. The van der Waals surface area contributed by atoms with Gasteiger partial charge in [-0.05, 0) is 30.2 Å². The summed E-state index contributed by atoms with van der Waals surface area (Å²) in [5.41, 5.74) is 0.777. The minimum absolute atomic E-state index is 0.0187. The Morgan fingerprint density at radius 2 is 2.50 bits per heavy atom. The Kier molecular flexibility index (Phi) is 2.00. The summed E-state index contributed by atoms with van der Waals surface area (Å²) in [4.78, 5) is 10.9. The fourth-order valence-electron chi connectivity index (χ4n) is 0.747. The molecule has 0 bridgehead atoms. The van der Waals surface area contributed by atoms with Gasteiger partial charge in [-0.2, -0.15) is 0 Å². The molecule has 52 valence electrons. The van der Waals surface area contributed by atoms with Gasteiger partial charge in [0.05, 0.1) is 5.92 Å². The minimum Gasteiger partial charge on any atom is -0.332 e. The molecule has 0 saturated carbocycles. The molecule has 0 aromatic rings. The smallest absolute Gasteiger partial charge is 0.231 e. The van der Waals surface area contributed by atoms with Crippen LogP contribution in [0.15, 0.2) is 17.8 Å². The maximum atomic E-state index is 10.9. The highest BCUT2D eigenvalue weighted by Gasteiger charge is 2.17. The van der Waals surface area contributed by atoms with Crippen LogP contribution in [0.1, 0.15) is 6.92 Å². The fourth-order valence-corrected chi connectivity index (χ4v) is 0.991. The summed E-state index contributed by atoms with van der Waals surface area (Å²) in [5.74, 6) is -0.169. The van der Waals surface area contributed by atoms with Gasteiger partial charge in [0.2, 0.25) is 5.91 Å². The molecular weight excluding hydrogens is 146 g/mol. The Balaban J connectivity index is 2.97. The number of hydrogen-bond donors (Lipinski definition) is 1. The van der Waals surface area contributed by atoms with Gasteiger partial charge in [-0.3, -0.25) is 4.79 Å². The maximum Gasteiger partial charge on any atom is 0.231 e. The first-order valence-electron chi connectivity index (χ1n) is 2.97. The zero-order chi connectivity index (χ0) is 7.56. The molecule has 1 heterocycles. The van der Waals surface area contributed by atoms with Crippen molar-refractivity contribution in [3.8, 4) is 0 Å². The van der Waals surface area contributed by atoms with Crippen molar-refractivity contribution in [2.24, 2.45) is 5.92 Å². The summed E-state index contributed by atoms with van der Waals surface area (Å²) in [6.07, 6.45) is 3.34. The van der Waals surface area contributed by atoms with Gasteiger partial charge < -0.3 is 5.32 Å². The summed E-state index contributed by atoms with van der Waals surface area (Å²) in [6, 6.07) is 0. The van der Waals surface area contributed by atoms with Crippen molar-refractivity contribution in [2.75, 3.05) is 0 Å². The molecule has 1 rings (SSSR count). The molecule has 1 amide bonds. The molecule has 0 radical (unpaired) electrons. The second-order valence-corrected chi connectivity index (χ2v) is 2.33. The van der Waals surface area contributed by atoms with E-state index in [0.29, 0.717) is 0 Å².